The molecule has 9 nitrogen and oxygen atoms in total. The van der Waals surface area contributed by atoms with Crippen LogP contribution in [0, 0.1) is 5.92 Å². The topological polar surface area (TPSA) is 101 Å². The fourth-order valence-electron chi connectivity index (χ4n) is 3.39. The van der Waals surface area contributed by atoms with E-state index in [1.54, 1.807) is 13.1 Å². The summed E-state index contributed by atoms with van der Waals surface area (Å²) in [6, 6.07) is 2.98. The lowest BCUT2D eigenvalue weighted by atomic mass is 9.98. The number of aliphatic imine (C=N–C) groups is 1. The summed E-state index contributed by atoms with van der Waals surface area (Å²) in [7, 11) is -1.54. The van der Waals surface area contributed by atoms with Crippen molar-refractivity contribution in [3.63, 3.8) is 0 Å². The standard InChI is InChI=1S/C18H26F2N4O5S/c1-21-18(22-9-12-3-5-24(6-4-12)30(2,25)26)23-10-13-7-15-16(28-11-27-15)8-14(13)29-17(19)20/h7-8,12,17H,3-6,9-11H2,1-2H3,(H2,21,22,23). The molecule has 1 aromatic carbocycles. The molecule has 2 N–H and O–H groups in total. The van der Waals surface area contributed by atoms with Crippen LogP contribution in [0.5, 0.6) is 17.2 Å². The lowest BCUT2D eigenvalue weighted by molar-refractivity contribution is -0.0505. The summed E-state index contributed by atoms with van der Waals surface area (Å²) in [6.07, 6.45) is 2.73. The predicted octanol–water partition coefficient (Wildman–Crippen LogP) is 1.35. The molecule has 1 fully saturated rings. The molecule has 0 aromatic heterocycles. The first kappa shape index (κ1) is 22.3. The molecule has 2 aliphatic rings. The van der Waals surface area contributed by atoms with Gasteiger partial charge in [-0.15, -0.1) is 0 Å². The number of nitrogens with zero attached hydrogens (tertiary/aromatic N) is 2. The van der Waals surface area contributed by atoms with Gasteiger partial charge in [0.1, 0.15) is 5.75 Å². The van der Waals surface area contributed by atoms with Gasteiger partial charge in [0.25, 0.3) is 0 Å². The number of hydrogen-bond donors (Lipinski definition) is 2. The van der Waals surface area contributed by atoms with E-state index < -0.39 is 16.6 Å². The number of nitrogens with one attached hydrogen (secondary N) is 2. The first-order chi connectivity index (χ1) is 14.3. The van der Waals surface area contributed by atoms with Crippen molar-refractivity contribution in [3.8, 4) is 17.2 Å². The Morgan fingerprint density at radius 2 is 1.93 bits per heavy atom. The smallest absolute Gasteiger partial charge is 0.387 e. The van der Waals surface area contributed by atoms with Crippen molar-refractivity contribution in [2.75, 3.05) is 39.7 Å². The molecule has 2 heterocycles. The molecule has 3 rings (SSSR count). The van der Waals surface area contributed by atoms with Gasteiger partial charge in [0.15, 0.2) is 17.5 Å². The summed E-state index contributed by atoms with van der Waals surface area (Å²) in [4.78, 5) is 4.15. The van der Waals surface area contributed by atoms with Crippen LogP contribution in [-0.4, -0.2) is 65.0 Å². The SMILES string of the molecule is CN=C(NCc1cc2c(cc1OC(F)F)OCO2)NCC1CCN(S(C)(=O)=O)CC1. The third-order valence-electron chi connectivity index (χ3n) is 5.04. The summed E-state index contributed by atoms with van der Waals surface area (Å²) in [6.45, 7) is -1.11. The molecule has 0 radical (unpaired) electrons. The van der Waals surface area contributed by atoms with Gasteiger partial charge < -0.3 is 24.8 Å². The monoisotopic (exact) mass is 448 g/mol. The van der Waals surface area contributed by atoms with Crippen LogP contribution < -0.4 is 24.8 Å². The van der Waals surface area contributed by atoms with Crippen molar-refractivity contribution in [1.29, 1.82) is 0 Å². The molecular formula is C18H26F2N4O5S. The van der Waals surface area contributed by atoms with E-state index >= 15 is 0 Å². The zero-order valence-electron chi connectivity index (χ0n) is 16.9. The van der Waals surface area contributed by atoms with Crippen molar-refractivity contribution >= 4 is 16.0 Å². The maximum atomic E-state index is 12.8. The van der Waals surface area contributed by atoms with Crippen molar-refractivity contribution in [1.82, 2.24) is 14.9 Å². The van der Waals surface area contributed by atoms with Gasteiger partial charge >= 0.3 is 6.61 Å². The molecule has 0 amide bonds. The zero-order chi connectivity index (χ0) is 21.7. The normalized spacial score (nSPS) is 18.0. The van der Waals surface area contributed by atoms with Gasteiger partial charge in [-0.1, -0.05) is 0 Å². The van der Waals surface area contributed by atoms with Gasteiger partial charge in [-0.2, -0.15) is 8.78 Å². The number of hydrogen-bond acceptors (Lipinski definition) is 6. The van der Waals surface area contributed by atoms with Crippen molar-refractivity contribution < 1.29 is 31.4 Å². The minimum Gasteiger partial charge on any atom is -0.454 e. The molecule has 1 aromatic rings. The number of benzene rings is 1. The van der Waals surface area contributed by atoms with Crippen LogP contribution in [0.3, 0.4) is 0 Å². The Morgan fingerprint density at radius 3 is 2.53 bits per heavy atom. The highest BCUT2D eigenvalue weighted by Crippen LogP contribution is 2.38. The second kappa shape index (κ2) is 9.65. The minimum absolute atomic E-state index is 0.00495. The quantitative estimate of drug-likeness (QED) is 0.480. The second-order valence-corrected chi connectivity index (χ2v) is 9.09. The molecule has 0 unspecified atom stereocenters. The highest BCUT2D eigenvalue weighted by molar-refractivity contribution is 7.88. The number of alkyl halides is 2. The van der Waals surface area contributed by atoms with Crippen molar-refractivity contribution in [2.45, 2.75) is 26.0 Å². The maximum Gasteiger partial charge on any atom is 0.387 e. The number of ether oxygens (including phenoxy) is 3. The van der Waals surface area contributed by atoms with E-state index in [1.165, 1.54) is 16.6 Å². The highest BCUT2D eigenvalue weighted by Gasteiger charge is 2.25. The molecule has 0 aliphatic carbocycles. The maximum absolute atomic E-state index is 12.8. The molecule has 0 saturated carbocycles. The molecule has 0 atom stereocenters. The van der Waals surface area contributed by atoms with Gasteiger partial charge in [-0.05, 0) is 24.8 Å². The highest BCUT2D eigenvalue weighted by atomic mass is 32.2. The molecule has 0 spiro atoms. The molecule has 1 saturated heterocycles. The van der Waals surface area contributed by atoms with Crippen LogP contribution in [0.25, 0.3) is 0 Å². The Kier molecular flexibility index (Phi) is 7.19. The summed E-state index contributed by atoms with van der Waals surface area (Å²) in [5, 5.41) is 6.28. The second-order valence-electron chi connectivity index (χ2n) is 7.10. The largest absolute Gasteiger partial charge is 0.454 e. The van der Waals surface area contributed by atoms with Gasteiger partial charge in [0, 0.05) is 44.9 Å². The van der Waals surface area contributed by atoms with Crippen molar-refractivity contribution in [3.05, 3.63) is 17.7 Å². The van der Waals surface area contributed by atoms with E-state index in [2.05, 4.69) is 20.4 Å². The summed E-state index contributed by atoms with van der Waals surface area (Å²) >= 11 is 0. The summed E-state index contributed by atoms with van der Waals surface area (Å²) < 4.78 is 65.3. The van der Waals surface area contributed by atoms with Crippen LogP contribution in [0.4, 0.5) is 8.78 Å². The van der Waals surface area contributed by atoms with E-state index in [4.69, 9.17) is 9.47 Å². The van der Waals surface area contributed by atoms with E-state index in [0.29, 0.717) is 48.6 Å². The summed E-state index contributed by atoms with van der Waals surface area (Å²) in [5.74, 6) is 1.64. The molecule has 0 bridgehead atoms. The number of sulfonamides is 1. The molecule has 2 aliphatic heterocycles. The van der Waals surface area contributed by atoms with E-state index in [-0.39, 0.29) is 19.1 Å². The van der Waals surface area contributed by atoms with Gasteiger partial charge in [-0.25, -0.2) is 12.7 Å². The van der Waals surface area contributed by atoms with E-state index in [0.717, 1.165) is 12.8 Å². The molecular weight excluding hydrogens is 422 g/mol. The number of guanidine groups is 1. The Labute approximate surface area is 174 Å². The van der Waals surface area contributed by atoms with Crippen LogP contribution in [0.2, 0.25) is 0 Å². The average Bonchev–Trinajstić information content (AvgIpc) is 3.14. The first-order valence-electron chi connectivity index (χ1n) is 9.53. The fourth-order valence-corrected chi connectivity index (χ4v) is 4.27. The van der Waals surface area contributed by atoms with E-state index in [1.807, 2.05) is 0 Å². The van der Waals surface area contributed by atoms with Crippen LogP contribution in [0.1, 0.15) is 18.4 Å². The average molecular weight is 448 g/mol. The lowest BCUT2D eigenvalue weighted by Crippen LogP contribution is -2.43. The number of piperidine rings is 1. The Balaban J connectivity index is 1.53. The Morgan fingerprint density at radius 1 is 1.27 bits per heavy atom. The first-order valence-corrected chi connectivity index (χ1v) is 11.4. The zero-order valence-corrected chi connectivity index (χ0v) is 17.7. The third kappa shape index (κ3) is 5.85. The van der Waals surface area contributed by atoms with Crippen molar-refractivity contribution in [2.24, 2.45) is 10.9 Å². The van der Waals surface area contributed by atoms with Gasteiger partial charge in [0.2, 0.25) is 16.8 Å². The predicted molar refractivity (Wildman–Crippen MR) is 107 cm³/mol. The van der Waals surface area contributed by atoms with Crippen LogP contribution >= 0.6 is 0 Å². The van der Waals surface area contributed by atoms with Crippen LogP contribution in [-0.2, 0) is 16.6 Å². The van der Waals surface area contributed by atoms with Gasteiger partial charge in [-0.3, -0.25) is 4.99 Å². The molecule has 30 heavy (non-hydrogen) atoms. The summed E-state index contributed by atoms with van der Waals surface area (Å²) in [5.41, 5.74) is 0.476. The fraction of sp³-hybridized carbons (Fsp3) is 0.611. The Hall–Kier alpha value is -2.34. The third-order valence-corrected chi connectivity index (χ3v) is 6.35. The number of rotatable bonds is 7. The molecule has 12 heteroatoms. The Bertz CT molecular complexity index is 874. The molecule has 168 valence electrons. The lowest BCUT2D eigenvalue weighted by Gasteiger charge is -2.30. The van der Waals surface area contributed by atoms with Gasteiger partial charge in [0.05, 0.1) is 6.26 Å². The number of halogens is 2. The van der Waals surface area contributed by atoms with E-state index in [9.17, 15) is 17.2 Å². The van der Waals surface area contributed by atoms with Crippen LogP contribution in [0.15, 0.2) is 17.1 Å². The minimum atomic E-state index is -3.15. The number of fused-ring (bicyclic) bond motifs is 1.